The smallest absolute Gasteiger partial charge is 0.359 e. The van der Waals surface area contributed by atoms with Gasteiger partial charge in [-0.25, -0.2) is 14.2 Å². The SMILES string of the molecule is COC(=O)c1ncc[c]c1F. The molecule has 0 aliphatic rings. The first-order valence-electron chi connectivity index (χ1n) is 2.86. The fourth-order valence-electron chi connectivity index (χ4n) is 0.586. The molecule has 0 aliphatic carbocycles. The van der Waals surface area contributed by atoms with E-state index in [1.54, 1.807) is 0 Å². The maximum atomic E-state index is 12.6. The lowest BCUT2D eigenvalue weighted by Gasteiger charge is -1.96. The molecule has 0 amide bonds. The predicted molar refractivity (Wildman–Crippen MR) is 34.4 cm³/mol. The third-order valence-corrected chi connectivity index (χ3v) is 1.07. The summed E-state index contributed by atoms with van der Waals surface area (Å²) in [6, 6.07) is 3.46. The van der Waals surface area contributed by atoms with Crippen molar-refractivity contribution in [3.8, 4) is 0 Å². The first-order valence-corrected chi connectivity index (χ1v) is 2.86. The molecule has 0 bridgehead atoms. The summed E-state index contributed by atoms with van der Waals surface area (Å²) in [7, 11) is 1.16. The molecule has 1 heterocycles. The highest BCUT2D eigenvalue weighted by molar-refractivity contribution is 5.87. The van der Waals surface area contributed by atoms with Crippen LogP contribution < -0.4 is 0 Å². The second-order valence-electron chi connectivity index (χ2n) is 1.74. The van der Waals surface area contributed by atoms with Crippen LogP contribution >= 0.6 is 0 Å². The number of aromatic nitrogens is 1. The molecule has 0 saturated heterocycles. The van der Waals surface area contributed by atoms with E-state index in [2.05, 4.69) is 15.8 Å². The minimum Gasteiger partial charge on any atom is -0.464 e. The zero-order valence-electron chi connectivity index (χ0n) is 5.80. The number of rotatable bonds is 1. The second kappa shape index (κ2) is 3.09. The van der Waals surface area contributed by atoms with E-state index >= 15 is 0 Å². The van der Waals surface area contributed by atoms with E-state index in [-0.39, 0.29) is 5.69 Å². The minimum absolute atomic E-state index is 0.338. The standard InChI is InChI=1S/C7H5FNO2/c1-11-7(10)6-5(8)3-2-4-9-6/h2,4H,1H3. The number of pyridine rings is 1. The van der Waals surface area contributed by atoms with E-state index in [9.17, 15) is 9.18 Å². The first kappa shape index (κ1) is 7.65. The van der Waals surface area contributed by atoms with Gasteiger partial charge in [-0.15, -0.1) is 0 Å². The monoisotopic (exact) mass is 154 g/mol. The van der Waals surface area contributed by atoms with Crippen LogP contribution in [0.2, 0.25) is 0 Å². The first-order chi connectivity index (χ1) is 5.25. The Morgan fingerprint density at radius 2 is 2.55 bits per heavy atom. The van der Waals surface area contributed by atoms with E-state index in [0.29, 0.717) is 0 Å². The average Bonchev–Trinajstić information content (AvgIpc) is 2.04. The highest BCUT2D eigenvalue weighted by Gasteiger charge is 2.11. The summed E-state index contributed by atoms with van der Waals surface area (Å²) in [5.74, 6) is -1.58. The van der Waals surface area contributed by atoms with Crippen LogP contribution in [0.3, 0.4) is 0 Å². The van der Waals surface area contributed by atoms with Gasteiger partial charge in [-0.05, 0) is 6.07 Å². The summed E-state index contributed by atoms with van der Waals surface area (Å²) in [6.07, 6.45) is 1.27. The Morgan fingerprint density at radius 1 is 1.82 bits per heavy atom. The molecule has 0 atom stereocenters. The van der Waals surface area contributed by atoms with Gasteiger partial charge in [-0.1, -0.05) is 0 Å². The zero-order valence-corrected chi connectivity index (χ0v) is 5.80. The fraction of sp³-hybridized carbons (Fsp3) is 0.143. The van der Waals surface area contributed by atoms with E-state index in [1.807, 2.05) is 0 Å². The van der Waals surface area contributed by atoms with Gasteiger partial charge in [-0.2, -0.15) is 0 Å². The van der Waals surface area contributed by atoms with Gasteiger partial charge < -0.3 is 4.74 Å². The minimum atomic E-state index is -0.792. The van der Waals surface area contributed by atoms with Crippen LogP contribution in [0.4, 0.5) is 4.39 Å². The lowest BCUT2D eigenvalue weighted by atomic mass is 10.3. The van der Waals surface area contributed by atoms with Gasteiger partial charge in [0, 0.05) is 12.3 Å². The van der Waals surface area contributed by atoms with E-state index < -0.39 is 11.8 Å². The van der Waals surface area contributed by atoms with Crippen molar-refractivity contribution in [3.63, 3.8) is 0 Å². The van der Waals surface area contributed by atoms with Crippen molar-refractivity contribution in [3.05, 3.63) is 29.8 Å². The van der Waals surface area contributed by atoms with Crippen LogP contribution in [0, 0.1) is 11.9 Å². The molecule has 4 heteroatoms. The maximum Gasteiger partial charge on any atom is 0.359 e. The van der Waals surface area contributed by atoms with Gasteiger partial charge in [0.05, 0.1) is 7.11 Å². The van der Waals surface area contributed by atoms with Crippen LogP contribution in [-0.2, 0) is 4.74 Å². The number of hydrogen-bond donors (Lipinski definition) is 0. The molecule has 0 fully saturated rings. The van der Waals surface area contributed by atoms with Crippen molar-refractivity contribution < 1.29 is 13.9 Å². The van der Waals surface area contributed by atoms with Crippen molar-refractivity contribution in [1.29, 1.82) is 0 Å². The van der Waals surface area contributed by atoms with Crippen LogP contribution in [0.5, 0.6) is 0 Å². The Morgan fingerprint density at radius 3 is 3.09 bits per heavy atom. The number of hydrogen-bond acceptors (Lipinski definition) is 3. The molecular weight excluding hydrogens is 149 g/mol. The number of nitrogens with zero attached hydrogens (tertiary/aromatic N) is 1. The summed E-state index contributed by atoms with van der Waals surface area (Å²) >= 11 is 0. The van der Waals surface area contributed by atoms with Crippen molar-refractivity contribution >= 4 is 5.97 Å². The molecule has 57 valence electrons. The molecule has 0 N–H and O–H groups in total. The van der Waals surface area contributed by atoms with Crippen molar-refractivity contribution in [2.45, 2.75) is 0 Å². The number of halogens is 1. The second-order valence-corrected chi connectivity index (χ2v) is 1.74. The lowest BCUT2D eigenvalue weighted by molar-refractivity contribution is 0.0588. The Hall–Kier alpha value is -1.45. The zero-order chi connectivity index (χ0) is 8.27. The van der Waals surface area contributed by atoms with Crippen molar-refractivity contribution in [2.75, 3.05) is 7.11 Å². The van der Waals surface area contributed by atoms with Crippen LogP contribution in [0.1, 0.15) is 10.5 Å². The summed E-state index contributed by atoms with van der Waals surface area (Å²) in [5, 5.41) is 0. The molecule has 1 aromatic heterocycles. The third kappa shape index (κ3) is 1.52. The number of carbonyl (C=O) groups is 1. The Labute approximate surface area is 62.8 Å². The summed E-state index contributed by atoms with van der Waals surface area (Å²) in [6.45, 7) is 0. The summed E-state index contributed by atoms with van der Waals surface area (Å²) in [4.78, 5) is 14.2. The number of methoxy groups -OCH3 is 1. The molecule has 1 aromatic rings. The van der Waals surface area contributed by atoms with Gasteiger partial charge >= 0.3 is 5.97 Å². The molecule has 1 radical (unpaired) electrons. The van der Waals surface area contributed by atoms with E-state index in [0.717, 1.165) is 7.11 Å². The number of carbonyl (C=O) groups excluding carboxylic acids is 1. The van der Waals surface area contributed by atoms with Crippen molar-refractivity contribution in [1.82, 2.24) is 4.98 Å². The normalized spacial score (nSPS) is 9.27. The predicted octanol–water partition coefficient (Wildman–Crippen LogP) is 0.807. The Balaban J connectivity index is 3.03. The van der Waals surface area contributed by atoms with Gasteiger partial charge in [0.2, 0.25) is 0 Å². The quantitative estimate of drug-likeness (QED) is 0.562. The molecule has 1 rings (SSSR count). The average molecular weight is 154 g/mol. The molecule has 3 nitrogen and oxygen atoms in total. The van der Waals surface area contributed by atoms with Gasteiger partial charge in [0.25, 0.3) is 0 Å². The topological polar surface area (TPSA) is 39.2 Å². The Kier molecular flexibility index (Phi) is 2.15. The van der Waals surface area contributed by atoms with Gasteiger partial charge in [0.15, 0.2) is 11.5 Å². The molecular formula is C7H5FNO2. The van der Waals surface area contributed by atoms with Crippen molar-refractivity contribution in [2.24, 2.45) is 0 Å². The lowest BCUT2D eigenvalue weighted by Crippen LogP contribution is -2.06. The molecule has 0 unspecified atom stereocenters. The number of ether oxygens (including phenoxy) is 1. The van der Waals surface area contributed by atoms with E-state index in [4.69, 9.17) is 0 Å². The molecule has 0 saturated carbocycles. The van der Waals surface area contributed by atoms with Gasteiger partial charge in [0.1, 0.15) is 0 Å². The summed E-state index contributed by atoms with van der Waals surface area (Å²) < 4.78 is 16.9. The molecule has 0 spiro atoms. The fourth-order valence-corrected chi connectivity index (χ4v) is 0.586. The highest BCUT2D eigenvalue weighted by Crippen LogP contribution is 2.02. The largest absolute Gasteiger partial charge is 0.464 e. The highest BCUT2D eigenvalue weighted by atomic mass is 19.1. The van der Waals surface area contributed by atoms with Crippen LogP contribution in [0.25, 0.3) is 0 Å². The van der Waals surface area contributed by atoms with Gasteiger partial charge in [-0.3, -0.25) is 0 Å². The molecule has 0 aliphatic heterocycles. The Bertz CT molecular complexity index is 275. The number of esters is 1. The maximum absolute atomic E-state index is 12.6. The third-order valence-electron chi connectivity index (χ3n) is 1.07. The van der Waals surface area contributed by atoms with E-state index in [1.165, 1.54) is 12.3 Å². The van der Waals surface area contributed by atoms with Crippen LogP contribution in [0.15, 0.2) is 12.3 Å². The molecule has 0 aromatic carbocycles. The summed E-state index contributed by atoms with van der Waals surface area (Å²) in [5.41, 5.74) is -0.338. The molecule has 11 heavy (non-hydrogen) atoms. The van der Waals surface area contributed by atoms with Crippen LogP contribution in [-0.4, -0.2) is 18.1 Å².